The molecule has 2 aromatic rings. The van der Waals surface area contributed by atoms with E-state index < -0.39 is 5.60 Å². The molecule has 1 aliphatic heterocycles. The largest absolute Gasteiger partial charge is 0.436 e. The molecule has 0 bridgehead atoms. The van der Waals surface area contributed by atoms with Gasteiger partial charge in [-0.05, 0) is 59.6 Å². The van der Waals surface area contributed by atoms with Crippen LogP contribution in [0.15, 0.2) is 66.8 Å². The van der Waals surface area contributed by atoms with Gasteiger partial charge in [0.05, 0.1) is 18.8 Å². The number of fused-ring (bicyclic) bond motifs is 2. The van der Waals surface area contributed by atoms with Crippen molar-refractivity contribution in [1.29, 1.82) is 0 Å². The lowest BCUT2D eigenvalue weighted by Gasteiger charge is -2.37. The Bertz CT molecular complexity index is 1040. The van der Waals surface area contributed by atoms with Crippen molar-refractivity contribution in [3.8, 4) is 0 Å². The van der Waals surface area contributed by atoms with Gasteiger partial charge in [0.15, 0.2) is 0 Å². The summed E-state index contributed by atoms with van der Waals surface area (Å²) in [6.45, 7) is 11.4. The lowest BCUT2D eigenvalue weighted by molar-refractivity contribution is 0.0366. The first-order valence-electron chi connectivity index (χ1n) is 13.9. The molecule has 0 amide bonds. The quantitative estimate of drug-likeness (QED) is 0.309. The molecule has 2 aromatic carbocycles. The SMILES string of the molecule is CCC.[B]OC1(CCC)C=CC(/C=C2\CC(CCN3CCOCC3)c3ccccc32)c2ccccc21. The molecule has 1 heterocycles. The van der Waals surface area contributed by atoms with Crippen LogP contribution in [0, 0.1) is 0 Å². The van der Waals surface area contributed by atoms with Crippen LogP contribution in [0.1, 0.15) is 87.0 Å². The molecule has 0 saturated carbocycles. The zero-order chi connectivity index (χ0) is 25.4. The number of morpholine rings is 1. The van der Waals surface area contributed by atoms with Crippen LogP contribution in [-0.4, -0.2) is 45.8 Å². The molecule has 3 atom stereocenters. The Balaban J connectivity index is 0.000000967. The van der Waals surface area contributed by atoms with Crippen molar-refractivity contribution in [2.75, 3.05) is 32.8 Å². The van der Waals surface area contributed by atoms with E-state index in [1.165, 1.54) is 40.7 Å². The fourth-order valence-corrected chi connectivity index (χ4v) is 5.95. The van der Waals surface area contributed by atoms with Gasteiger partial charge in [-0.15, -0.1) is 0 Å². The summed E-state index contributed by atoms with van der Waals surface area (Å²) in [5.74, 6) is 0.826. The van der Waals surface area contributed by atoms with Gasteiger partial charge in [-0.1, -0.05) is 100 Å². The lowest BCUT2D eigenvalue weighted by Crippen LogP contribution is -2.37. The Kier molecular flexibility index (Phi) is 9.64. The van der Waals surface area contributed by atoms with Crippen molar-refractivity contribution in [3.05, 3.63) is 89.0 Å². The summed E-state index contributed by atoms with van der Waals surface area (Å²) in [6.07, 6.45) is 12.4. The molecular formula is C32H42BNO2. The van der Waals surface area contributed by atoms with Crippen LogP contribution >= 0.6 is 0 Å². The van der Waals surface area contributed by atoms with Crippen LogP contribution < -0.4 is 0 Å². The average Bonchev–Trinajstić information content (AvgIpc) is 3.27. The smallest absolute Gasteiger partial charge is 0.284 e. The Hall–Kier alpha value is -2.14. The molecule has 2 aliphatic carbocycles. The summed E-state index contributed by atoms with van der Waals surface area (Å²) < 4.78 is 11.1. The van der Waals surface area contributed by atoms with Gasteiger partial charge in [0, 0.05) is 19.0 Å². The summed E-state index contributed by atoms with van der Waals surface area (Å²) in [5.41, 5.74) is 6.40. The van der Waals surface area contributed by atoms with Crippen LogP contribution in [-0.2, 0) is 15.0 Å². The first-order chi connectivity index (χ1) is 17.7. The maximum Gasteiger partial charge on any atom is 0.284 e. The maximum atomic E-state index is 5.85. The molecule has 4 heteroatoms. The van der Waals surface area contributed by atoms with E-state index >= 15 is 0 Å². The Morgan fingerprint density at radius 3 is 2.44 bits per heavy atom. The van der Waals surface area contributed by atoms with Gasteiger partial charge in [0.25, 0.3) is 8.05 Å². The van der Waals surface area contributed by atoms with E-state index in [0.717, 1.165) is 52.1 Å². The molecule has 3 aliphatic rings. The van der Waals surface area contributed by atoms with Crippen LogP contribution in [0.3, 0.4) is 0 Å². The predicted octanol–water partition coefficient (Wildman–Crippen LogP) is 7.15. The van der Waals surface area contributed by atoms with Crippen molar-refractivity contribution < 1.29 is 9.39 Å². The van der Waals surface area contributed by atoms with Gasteiger partial charge >= 0.3 is 0 Å². The number of allylic oxidation sites excluding steroid dienone is 3. The van der Waals surface area contributed by atoms with E-state index in [2.05, 4.69) is 92.4 Å². The first-order valence-corrected chi connectivity index (χ1v) is 13.9. The number of nitrogens with zero attached hydrogens (tertiary/aromatic N) is 1. The van der Waals surface area contributed by atoms with Crippen molar-refractivity contribution in [3.63, 3.8) is 0 Å². The summed E-state index contributed by atoms with van der Waals surface area (Å²) >= 11 is 0. The molecule has 190 valence electrons. The van der Waals surface area contributed by atoms with Crippen molar-refractivity contribution >= 4 is 13.6 Å². The zero-order valence-electron chi connectivity index (χ0n) is 22.4. The van der Waals surface area contributed by atoms with Crippen molar-refractivity contribution in [2.45, 2.75) is 70.3 Å². The van der Waals surface area contributed by atoms with Crippen molar-refractivity contribution in [2.24, 2.45) is 0 Å². The highest BCUT2D eigenvalue weighted by Gasteiger charge is 2.35. The molecular weight excluding hydrogens is 441 g/mol. The van der Waals surface area contributed by atoms with Crippen molar-refractivity contribution in [1.82, 2.24) is 4.90 Å². The van der Waals surface area contributed by atoms with Crippen LogP contribution in [0.5, 0.6) is 0 Å². The van der Waals surface area contributed by atoms with E-state index in [1.54, 1.807) is 0 Å². The van der Waals surface area contributed by atoms with Gasteiger partial charge in [-0.3, -0.25) is 4.90 Å². The molecule has 0 aromatic heterocycles. The maximum absolute atomic E-state index is 5.85. The summed E-state index contributed by atoms with van der Waals surface area (Å²) in [4.78, 5) is 2.55. The number of hydrogen-bond acceptors (Lipinski definition) is 3. The number of ether oxygens (including phenoxy) is 1. The molecule has 1 fully saturated rings. The van der Waals surface area contributed by atoms with E-state index in [1.807, 2.05) is 0 Å². The molecule has 0 N–H and O–H groups in total. The third-order valence-electron chi connectivity index (χ3n) is 7.67. The summed E-state index contributed by atoms with van der Waals surface area (Å²) in [6, 6.07) is 17.6. The number of benzene rings is 2. The monoisotopic (exact) mass is 483 g/mol. The first kappa shape index (κ1) is 26.9. The Morgan fingerprint density at radius 2 is 1.72 bits per heavy atom. The van der Waals surface area contributed by atoms with Gasteiger partial charge in [-0.2, -0.15) is 0 Å². The molecule has 1 saturated heterocycles. The standard InChI is InChI=1S/C29H34BNO2.C3H8/c1-2-13-29(33-30)14-11-22(27-9-5-6-10-28(27)29)20-24-21-23(25-7-3-4-8-26(24)25)12-15-31-16-18-32-19-17-31;1-3-2/h3-11,14,20,22-23H,2,12-13,15-19,21H2,1H3;3H2,1-2H3/b24-20+;. The highest BCUT2D eigenvalue weighted by atomic mass is 16.5. The van der Waals surface area contributed by atoms with E-state index in [4.69, 9.17) is 17.4 Å². The summed E-state index contributed by atoms with van der Waals surface area (Å²) in [5, 5.41) is 0. The third-order valence-corrected chi connectivity index (χ3v) is 7.67. The van der Waals surface area contributed by atoms with Gasteiger partial charge in [-0.25, -0.2) is 0 Å². The normalized spacial score (nSPS) is 26.2. The Morgan fingerprint density at radius 1 is 1.03 bits per heavy atom. The highest BCUT2D eigenvalue weighted by molar-refractivity contribution is 5.98. The zero-order valence-corrected chi connectivity index (χ0v) is 22.4. The van der Waals surface area contributed by atoms with Crippen LogP contribution in [0.2, 0.25) is 0 Å². The predicted molar refractivity (Wildman–Crippen MR) is 151 cm³/mol. The second-order valence-corrected chi connectivity index (χ2v) is 10.4. The fourth-order valence-electron chi connectivity index (χ4n) is 5.95. The minimum Gasteiger partial charge on any atom is -0.436 e. The second kappa shape index (κ2) is 12.9. The molecule has 5 rings (SSSR count). The highest BCUT2D eigenvalue weighted by Crippen LogP contribution is 2.47. The Labute approximate surface area is 220 Å². The minimum atomic E-state index is -0.519. The van der Waals surface area contributed by atoms with E-state index in [0.29, 0.717) is 5.92 Å². The van der Waals surface area contributed by atoms with Gasteiger partial charge < -0.3 is 9.39 Å². The molecule has 0 spiro atoms. The van der Waals surface area contributed by atoms with E-state index in [9.17, 15) is 0 Å². The molecule has 3 nitrogen and oxygen atoms in total. The second-order valence-electron chi connectivity index (χ2n) is 10.4. The van der Waals surface area contributed by atoms with Gasteiger partial charge in [0.1, 0.15) is 0 Å². The topological polar surface area (TPSA) is 21.7 Å². The van der Waals surface area contributed by atoms with Crippen LogP contribution in [0.4, 0.5) is 0 Å². The minimum absolute atomic E-state index is 0.238. The average molecular weight is 484 g/mol. The number of rotatable bonds is 7. The molecule has 3 unspecified atom stereocenters. The molecule has 2 radical (unpaired) electrons. The number of hydrogen-bond donors (Lipinski definition) is 0. The molecule has 36 heavy (non-hydrogen) atoms. The van der Waals surface area contributed by atoms with E-state index in [-0.39, 0.29) is 5.92 Å². The van der Waals surface area contributed by atoms with Gasteiger partial charge in [0.2, 0.25) is 0 Å². The van der Waals surface area contributed by atoms with Crippen LogP contribution in [0.25, 0.3) is 5.57 Å². The lowest BCUT2D eigenvalue weighted by atomic mass is 9.76. The fraction of sp³-hybridized carbons (Fsp3) is 0.500. The summed E-state index contributed by atoms with van der Waals surface area (Å²) in [7, 11) is 5.85. The third kappa shape index (κ3) is 5.88.